The number of carbonyl (C=O) groups is 1. The van der Waals surface area contributed by atoms with Crippen molar-refractivity contribution in [2.45, 2.75) is 26.8 Å². The maximum absolute atomic E-state index is 11.4. The highest BCUT2D eigenvalue weighted by Crippen LogP contribution is 2.12. The summed E-state index contributed by atoms with van der Waals surface area (Å²) in [5.74, 6) is -0.218. The number of anilines is 1. The van der Waals surface area contributed by atoms with E-state index in [4.69, 9.17) is 5.73 Å². The second kappa shape index (κ2) is 4.13. The number of nitrogen functional groups attached to an aromatic ring is 1. The summed E-state index contributed by atoms with van der Waals surface area (Å²) in [6.45, 7) is 6.39. The molecule has 3 N–H and O–H groups in total. The summed E-state index contributed by atoms with van der Waals surface area (Å²) in [7, 11) is 0. The van der Waals surface area contributed by atoms with Crippen molar-refractivity contribution in [3.63, 3.8) is 0 Å². The van der Waals surface area contributed by atoms with Gasteiger partial charge in [0, 0.05) is 18.8 Å². The number of nitrogens with zero attached hydrogens (tertiary/aromatic N) is 2. The molecule has 0 radical (unpaired) electrons. The fourth-order valence-corrected chi connectivity index (χ4v) is 1.09. The van der Waals surface area contributed by atoms with E-state index >= 15 is 0 Å². The zero-order valence-electron chi connectivity index (χ0n) is 8.74. The monoisotopic (exact) mass is 196 g/mol. The number of rotatable bonds is 3. The molecule has 14 heavy (non-hydrogen) atoms. The Balaban J connectivity index is 2.92. The molecule has 0 aliphatic rings. The maximum atomic E-state index is 11.4. The molecule has 0 aliphatic heterocycles. The van der Waals surface area contributed by atoms with Gasteiger partial charge >= 0.3 is 0 Å². The largest absolute Gasteiger partial charge is 0.396 e. The molecule has 1 aromatic heterocycles. The SMILES string of the molecule is CCNC(=O)c1nn(C(C)C)cc1N. The third-order valence-corrected chi connectivity index (χ3v) is 1.84. The van der Waals surface area contributed by atoms with Gasteiger partial charge in [-0.15, -0.1) is 0 Å². The number of nitrogens with two attached hydrogens (primary N) is 1. The van der Waals surface area contributed by atoms with Crippen LogP contribution in [0.4, 0.5) is 5.69 Å². The minimum absolute atomic E-state index is 0.209. The normalized spacial score (nSPS) is 10.6. The Hall–Kier alpha value is -1.52. The minimum Gasteiger partial charge on any atom is -0.396 e. The van der Waals surface area contributed by atoms with Crippen molar-refractivity contribution in [3.05, 3.63) is 11.9 Å². The molecule has 1 rings (SSSR count). The van der Waals surface area contributed by atoms with Crippen LogP contribution in [0.1, 0.15) is 37.3 Å². The van der Waals surface area contributed by atoms with E-state index in [2.05, 4.69) is 10.4 Å². The molecular weight excluding hydrogens is 180 g/mol. The molecule has 0 spiro atoms. The Morgan fingerprint density at radius 1 is 1.71 bits per heavy atom. The molecule has 0 fully saturated rings. The van der Waals surface area contributed by atoms with Crippen molar-refractivity contribution in [3.8, 4) is 0 Å². The Morgan fingerprint density at radius 3 is 2.79 bits per heavy atom. The second-order valence-electron chi connectivity index (χ2n) is 3.37. The van der Waals surface area contributed by atoms with Crippen LogP contribution in [0.25, 0.3) is 0 Å². The van der Waals surface area contributed by atoms with Crippen LogP contribution >= 0.6 is 0 Å². The fraction of sp³-hybridized carbons (Fsp3) is 0.556. The van der Waals surface area contributed by atoms with Gasteiger partial charge in [0.25, 0.3) is 5.91 Å². The predicted molar refractivity (Wildman–Crippen MR) is 55.0 cm³/mol. The first-order valence-corrected chi connectivity index (χ1v) is 4.69. The van der Waals surface area contributed by atoms with Gasteiger partial charge in [0.1, 0.15) is 0 Å². The van der Waals surface area contributed by atoms with Crippen molar-refractivity contribution in [2.75, 3.05) is 12.3 Å². The third-order valence-electron chi connectivity index (χ3n) is 1.84. The van der Waals surface area contributed by atoms with Gasteiger partial charge in [-0.3, -0.25) is 9.48 Å². The fourth-order valence-electron chi connectivity index (χ4n) is 1.09. The Kier molecular flexibility index (Phi) is 3.11. The molecule has 0 saturated heterocycles. The molecule has 0 unspecified atom stereocenters. The molecular formula is C9H16N4O. The summed E-state index contributed by atoms with van der Waals surface area (Å²) in [6.07, 6.45) is 1.68. The summed E-state index contributed by atoms with van der Waals surface area (Å²) in [5.41, 5.74) is 6.39. The van der Waals surface area contributed by atoms with Gasteiger partial charge in [-0.2, -0.15) is 5.10 Å². The van der Waals surface area contributed by atoms with Gasteiger partial charge in [0.2, 0.25) is 0 Å². The first-order chi connectivity index (χ1) is 6.56. The quantitative estimate of drug-likeness (QED) is 0.750. The van der Waals surface area contributed by atoms with E-state index in [9.17, 15) is 4.79 Å². The highest BCUT2D eigenvalue weighted by molar-refractivity contribution is 5.96. The summed E-state index contributed by atoms with van der Waals surface area (Å²) < 4.78 is 1.68. The van der Waals surface area contributed by atoms with Crippen LogP contribution in [0.15, 0.2) is 6.20 Å². The Labute approximate surface area is 83.3 Å². The van der Waals surface area contributed by atoms with E-state index in [1.54, 1.807) is 10.9 Å². The molecule has 1 amide bonds. The van der Waals surface area contributed by atoms with Crippen LogP contribution in [0, 0.1) is 0 Å². The lowest BCUT2D eigenvalue weighted by molar-refractivity contribution is 0.0950. The molecule has 0 aliphatic carbocycles. The molecule has 5 heteroatoms. The van der Waals surface area contributed by atoms with Gasteiger partial charge in [-0.25, -0.2) is 0 Å². The van der Waals surface area contributed by atoms with E-state index in [0.29, 0.717) is 17.9 Å². The number of carbonyl (C=O) groups excluding carboxylic acids is 1. The molecule has 0 bridgehead atoms. The number of hydrogen-bond acceptors (Lipinski definition) is 3. The number of nitrogens with one attached hydrogen (secondary N) is 1. The lowest BCUT2D eigenvalue weighted by Gasteiger charge is -2.03. The number of amides is 1. The average molecular weight is 196 g/mol. The Bertz CT molecular complexity index is 330. The van der Waals surface area contributed by atoms with Crippen molar-refractivity contribution in [1.82, 2.24) is 15.1 Å². The van der Waals surface area contributed by atoms with E-state index in [1.807, 2.05) is 20.8 Å². The first-order valence-electron chi connectivity index (χ1n) is 4.69. The lowest BCUT2D eigenvalue weighted by atomic mass is 10.3. The van der Waals surface area contributed by atoms with E-state index in [0.717, 1.165) is 0 Å². The van der Waals surface area contributed by atoms with Gasteiger partial charge in [-0.05, 0) is 20.8 Å². The van der Waals surface area contributed by atoms with Crippen molar-refractivity contribution in [1.29, 1.82) is 0 Å². The zero-order valence-corrected chi connectivity index (χ0v) is 8.74. The average Bonchev–Trinajstić information content (AvgIpc) is 2.48. The topological polar surface area (TPSA) is 72.9 Å². The van der Waals surface area contributed by atoms with Crippen LogP contribution in [0.3, 0.4) is 0 Å². The highest BCUT2D eigenvalue weighted by Gasteiger charge is 2.14. The Morgan fingerprint density at radius 2 is 2.36 bits per heavy atom. The lowest BCUT2D eigenvalue weighted by Crippen LogP contribution is -2.24. The summed E-state index contributed by atoms with van der Waals surface area (Å²) in [5, 5.41) is 6.77. The van der Waals surface area contributed by atoms with Crippen molar-refractivity contribution in [2.24, 2.45) is 0 Å². The van der Waals surface area contributed by atoms with E-state index in [1.165, 1.54) is 0 Å². The highest BCUT2D eigenvalue weighted by atomic mass is 16.1. The molecule has 0 aromatic carbocycles. The number of hydrogen-bond donors (Lipinski definition) is 2. The molecule has 78 valence electrons. The van der Waals surface area contributed by atoms with Crippen molar-refractivity contribution < 1.29 is 4.79 Å². The van der Waals surface area contributed by atoms with Crippen LogP contribution in [0.2, 0.25) is 0 Å². The molecule has 1 aromatic rings. The van der Waals surface area contributed by atoms with E-state index < -0.39 is 0 Å². The molecule has 0 atom stereocenters. The summed E-state index contributed by atoms with van der Waals surface area (Å²) in [4.78, 5) is 11.4. The molecule has 1 heterocycles. The van der Waals surface area contributed by atoms with Crippen LogP contribution in [-0.2, 0) is 0 Å². The predicted octanol–water partition coefficient (Wildman–Crippen LogP) is 0.796. The maximum Gasteiger partial charge on any atom is 0.273 e. The standard InChI is InChI=1S/C9H16N4O/c1-4-11-9(14)8-7(10)5-13(12-8)6(2)3/h5-6H,4,10H2,1-3H3,(H,11,14). The minimum atomic E-state index is -0.218. The summed E-state index contributed by atoms with van der Waals surface area (Å²) in [6, 6.07) is 0.209. The van der Waals surface area contributed by atoms with Gasteiger partial charge in [0.05, 0.1) is 5.69 Å². The van der Waals surface area contributed by atoms with Crippen molar-refractivity contribution >= 4 is 11.6 Å². The van der Waals surface area contributed by atoms with Gasteiger partial charge in [0.15, 0.2) is 5.69 Å². The van der Waals surface area contributed by atoms with Crippen LogP contribution < -0.4 is 11.1 Å². The van der Waals surface area contributed by atoms with Gasteiger partial charge < -0.3 is 11.1 Å². The first kappa shape index (κ1) is 10.6. The third kappa shape index (κ3) is 2.04. The van der Waals surface area contributed by atoms with Crippen LogP contribution in [0.5, 0.6) is 0 Å². The second-order valence-corrected chi connectivity index (χ2v) is 3.37. The van der Waals surface area contributed by atoms with E-state index in [-0.39, 0.29) is 11.9 Å². The number of aromatic nitrogens is 2. The van der Waals surface area contributed by atoms with Gasteiger partial charge in [-0.1, -0.05) is 0 Å². The summed E-state index contributed by atoms with van der Waals surface area (Å²) >= 11 is 0. The van der Waals surface area contributed by atoms with Crippen LogP contribution in [-0.4, -0.2) is 22.2 Å². The smallest absolute Gasteiger partial charge is 0.273 e. The zero-order chi connectivity index (χ0) is 10.7. The molecule has 0 saturated carbocycles. The molecule has 5 nitrogen and oxygen atoms in total.